The number of anilines is 2. The lowest BCUT2D eigenvalue weighted by molar-refractivity contribution is -0.129. The molecule has 0 unspecified atom stereocenters. The normalized spacial score (nSPS) is 14.3. The average Bonchev–Trinajstić information content (AvgIpc) is 3.20. The third-order valence-corrected chi connectivity index (χ3v) is 6.90. The van der Waals surface area contributed by atoms with Crippen LogP contribution in [0.1, 0.15) is 38.1 Å². The van der Waals surface area contributed by atoms with Gasteiger partial charge in [-0.25, -0.2) is 4.98 Å². The number of aromatic hydroxyl groups is 1. The highest BCUT2D eigenvalue weighted by Crippen LogP contribution is 2.35. The Hall–Kier alpha value is -3.88. The molecular weight excluding hydrogens is 454 g/mol. The van der Waals surface area contributed by atoms with E-state index in [1.54, 1.807) is 6.92 Å². The molecule has 1 saturated heterocycles. The average molecular weight is 488 g/mol. The first kappa shape index (κ1) is 23.8. The Morgan fingerprint density at radius 2 is 1.86 bits per heavy atom. The molecule has 9 heteroatoms. The van der Waals surface area contributed by atoms with Crippen molar-refractivity contribution < 1.29 is 9.90 Å². The Labute approximate surface area is 211 Å². The van der Waals surface area contributed by atoms with Crippen molar-refractivity contribution in [3.8, 4) is 5.88 Å². The molecule has 1 aromatic carbocycles. The largest absolute Gasteiger partial charge is 0.493 e. The van der Waals surface area contributed by atoms with E-state index in [0.717, 1.165) is 27.7 Å². The van der Waals surface area contributed by atoms with E-state index in [-0.39, 0.29) is 17.8 Å². The summed E-state index contributed by atoms with van der Waals surface area (Å²) in [4.78, 5) is 32.2. The quantitative estimate of drug-likeness (QED) is 0.457. The Morgan fingerprint density at radius 1 is 1.11 bits per heavy atom. The Balaban J connectivity index is 1.52. The first-order chi connectivity index (χ1) is 17.2. The highest BCUT2D eigenvalue weighted by atomic mass is 16.3. The van der Waals surface area contributed by atoms with E-state index < -0.39 is 0 Å². The summed E-state index contributed by atoms with van der Waals surface area (Å²) in [5.41, 5.74) is 2.68. The lowest BCUT2D eigenvalue weighted by Crippen LogP contribution is -2.48. The van der Waals surface area contributed by atoms with E-state index in [1.807, 2.05) is 42.8 Å². The molecular formula is C27H33N7O2. The van der Waals surface area contributed by atoms with Crippen LogP contribution in [0.3, 0.4) is 0 Å². The van der Waals surface area contributed by atoms with Crippen molar-refractivity contribution in [3.05, 3.63) is 47.9 Å². The number of aryl methyl sites for hydroxylation is 1. The van der Waals surface area contributed by atoms with Crippen molar-refractivity contribution in [2.24, 2.45) is 0 Å². The Bertz CT molecular complexity index is 1440. The molecule has 0 bridgehead atoms. The van der Waals surface area contributed by atoms with Gasteiger partial charge in [0, 0.05) is 64.0 Å². The van der Waals surface area contributed by atoms with Crippen LogP contribution >= 0.6 is 0 Å². The van der Waals surface area contributed by atoms with Crippen LogP contribution in [0, 0.1) is 6.92 Å². The molecule has 0 saturated carbocycles. The van der Waals surface area contributed by atoms with Gasteiger partial charge in [-0.2, -0.15) is 4.98 Å². The van der Waals surface area contributed by atoms with Crippen molar-refractivity contribution in [1.29, 1.82) is 0 Å². The second kappa shape index (κ2) is 9.29. The van der Waals surface area contributed by atoms with Gasteiger partial charge < -0.3 is 24.4 Å². The molecule has 4 heterocycles. The van der Waals surface area contributed by atoms with Crippen molar-refractivity contribution in [2.75, 3.05) is 43.0 Å². The first-order valence-electron chi connectivity index (χ1n) is 12.4. The topological polar surface area (TPSA) is 90.6 Å². The molecule has 4 aromatic rings. The monoisotopic (exact) mass is 487 g/mol. The predicted octanol–water partition coefficient (Wildman–Crippen LogP) is 3.88. The van der Waals surface area contributed by atoms with Gasteiger partial charge in [0.2, 0.25) is 17.7 Å². The maximum absolute atomic E-state index is 11.8. The minimum absolute atomic E-state index is 0.0746. The number of amides is 1. The van der Waals surface area contributed by atoms with E-state index in [4.69, 9.17) is 15.0 Å². The smallest absolute Gasteiger partial charge is 0.228 e. The molecule has 5 rings (SSSR count). The molecule has 1 fully saturated rings. The highest BCUT2D eigenvalue weighted by molar-refractivity contribution is 5.94. The van der Waals surface area contributed by atoms with Gasteiger partial charge in [0.15, 0.2) is 0 Å². The van der Waals surface area contributed by atoms with Crippen LogP contribution in [-0.4, -0.2) is 68.7 Å². The van der Waals surface area contributed by atoms with E-state index >= 15 is 0 Å². The summed E-state index contributed by atoms with van der Waals surface area (Å²) in [6.07, 6.45) is 3.84. The minimum atomic E-state index is 0.0746. The van der Waals surface area contributed by atoms with E-state index in [9.17, 15) is 9.90 Å². The summed E-state index contributed by atoms with van der Waals surface area (Å²) in [7, 11) is 1.99. The molecule has 0 spiro atoms. The van der Waals surface area contributed by atoms with E-state index in [1.165, 1.54) is 5.56 Å². The lowest BCUT2D eigenvalue weighted by atomic mass is 10.1. The summed E-state index contributed by atoms with van der Waals surface area (Å²) in [5, 5.41) is 14.1. The van der Waals surface area contributed by atoms with Crippen LogP contribution in [0.15, 0.2) is 36.7 Å². The van der Waals surface area contributed by atoms with Crippen molar-refractivity contribution in [3.63, 3.8) is 0 Å². The maximum atomic E-state index is 11.8. The zero-order valence-corrected chi connectivity index (χ0v) is 21.6. The van der Waals surface area contributed by atoms with Gasteiger partial charge in [-0.15, -0.1) is 0 Å². The second-order valence-corrected chi connectivity index (χ2v) is 9.94. The number of pyridine rings is 1. The number of carbonyl (C=O) groups is 1. The Morgan fingerprint density at radius 3 is 2.56 bits per heavy atom. The van der Waals surface area contributed by atoms with E-state index in [0.29, 0.717) is 44.2 Å². The maximum Gasteiger partial charge on any atom is 0.228 e. The number of hydrogen-bond donors (Lipinski definition) is 1. The summed E-state index contributed by atoms with van der Waals surface area (Å²) in [6, 6.07) is 8.56. The number of hydrogen-bond acceptors (Lipinski definition) is 7. The molecule has 0 radical (unpaired) electrons. The number of carbonyl (C=O) groups excluding carboxylic acids is 1. The Kier molecular flexibility index (Phi) is 6.15. The van der Waals surface area contributed by atoms with Crippen LogP contribution in [0.25, 0.3) is 21.7 Å². The van der Waals surface area contributed by atoms with Crippen LogP contribution < -0.4 is 9.80 Å². The number of aromatic nitrogens is 4. The summed E-state index contributed by atoms with van der Waals surface area (Å²) in [5.74, 6) is 1.52. The summed E-state index contributed by atoms with van der Waals surface area (Å²) in [6.45, 7) is 10.8. The van der Waals surface area contributed by atoms with Crippen LogP contribution in [0.2, 0.25) is 0 Å². The molecule has 1 aliphatic heterocycles. The fourth-order valence-electron chi connectivity index (χ4n) is 4.82. The fourth-order valence-corrected chi connectivity index (χ4v) is 4.82. The van der Waals surface area contributed by atoms with Gasteiger partial charge in [-0.1, -0.05) is 17.7 Å². The van der Waals surface area contributed by atoms with Crippen molar-refractivity contribution in [2.45, 2.75) is 40.3 Å². The summed E-state index contributed by atoms with van der Waals surface area (Å²) < 4.78 is 1.82. The molecule has 36 heavy (non-hydrogen) atoms. The standard InChI is InChI=1S/C27H33N7O2/c1-17(2)34-16-23-24(26(34)36)29-27(33-10-8-32(9-11-33)19(4)35)30-25(23)31(5)15-22-13-20-7-6-18(3)12-21(20)14-28-22/h6-7,12-14,16-17,36H,8-11,15H2,1-5H3. The third kappa shape index (κ3) is 4.41. The van der Waals surface area contributed by atoms with Crippen LogP contribution in [-0.2, 0) is 11.3 Å². The van der Waals surface area contributed by atoms with Gasteiger partial charge in [0.25, 0.3) is 0 Å². The number of nitrogens with zero attached hydrogens (tertiary/aromatic N) is 7. The van der Waals surface area contributed by atoms with Crippen LogP contribution in [0.4, 0.5) is 11.8 Å². The molecule has 1 aliphatic rings. The zero-order valence-electron chi connectivity index (χ0n) is 21.6. The van der Waals surface area contributed by atoms with Crippen LogP contribution in [0.5, 0.6) is 5.88 Å². The first-order valence-corrected chi connectivity index (χ1v) is 12.4. The second-order valence-electron chi connectivity index (χ2n) is 9.94. The third-order valence-electron chi connectivity index (χ3n) is 6.90. The van der Waals surface area contributed by atoms with Gasteiger partial charge >= 0.3 is 0 Å². The van der Waals surface area contributed by atoms with Gasteiger partial charge in [-0.3, -0.25) is 9.78 Å². The molecule has 3 aromatic heterocycles. The minimum Gasteiger partial charge on any atom is -0.493 e. The summed E-state index contributed by atoms with van der Waals surface area (Å²) >= 11 is 0. The molecule has 1 amide bonds. The van der Waals surface area contributed by atoms with Gasteiger partial charge in [0.05, 0.1) is 17.6 Å². The molecule has 188 valence electrons. The van der Waals surface area contributed by atoms with Crippen molar-refractivity contribution in [1.82, 2.24) is 24.4 Å². The van der Waals surface area contributed by atoms with E-state index in [2.05, 4.69) is 41.0 Å². The number of benzene rings is 1. The number of fused-ring (bicyclic) bond motifs is 2. The fraction of sp³-hybridized carbons (Fsp3) is 0.407. The molecule has 9 nitrogen and oxygen atoms in total. The number of piperazine rings is 1. The zero-order chi connectivity index (χ0) is 25.6. The number of rotatable bonds is 5. The van der Waals surface area contributed by atoms with Crippen molar-refractivity contribution >= 4 is 39.3 Å². The SMILES string of the molecule is CC(=O)N1CCN(c2nc(N(C)Cc3cc4ccc(C)cc4cn3)c3cn(C(C)C)c(O)c3n2)CC1. The highest BCUT2D eigenvalue weighted by Gasteiger charge is 2.25. The van der Waals surface area contributed by atoms with Gasteiger partial charge in [0.1, 0.15) is 11.3 Å². The lowest BCUT2D eigenvalue weighted by Gasteiger charge is -2.34. The molecule has 0 aliphatic carbocycles. The molecule has 1 N–H and O–H groups in total. The molecule has 0 atom stereocenters. The predicted molar refractivity (Wildman–Crippen MR) is 143 cm³/mol. The van der Waals surface area contributed by atoms with Gasteiger partial charge in [-0.05, 0) is 38.3 Å².